The normalized spacial score (nSPS) is 15.9. The number of urea groups is 1. The van der Waals surface area contributed by atoms with Crippen LogP contribution in [0.5, 0.6) is 0 Å². The number of amides is 2. The molecule has 0 saturated heterocycles. The Morgan fingerprint density at radius 3 is 2.38 bits per heavy atom. The molecule has 0 aliphatic carbocycles. The van der Waals surface area contributed by atoms with Crippen molar-refractivity contribution in [3.05, 3.63) is 82.0 Å². The van der Waals surface area contributed by atoms with Crippen molar-refractivity contribution >= 4 is 29.6 Å². The smallest absolute Gasteiger partial charge is 0.340 e. The largest absolute Gasteiger partial charge is 0.463 e. The molecule has 7 nitrogen and oxygen atoms in total. The van der Waals surface area contributed by atoms with Crippen LogP contribution in [0.25, 0.3) is 0 Å². The van der Waals surface area contributed by atoms with Gasteiger partial charge < -0.3 is 20.1 Å². The molecule has 3 rings (SSSR count). The highest BCUT2D eigenvalue weighted by Crippen LogP contribution is 2.28. The molecule has 2 N–H and O–H groups in total. The maximum absolute atomic E-state index is 12.6. The van der Waals surface area contributed by atoms with Crippen LogP contribution >= 0.6 is 11.6 Å². The highest BCUT2D eigenvalue weighted by Gasteiger charge is 2.34. The summed E-state index contributed by atoms with van der Waals surface area (Å²) in [4.78, 5) is 37.2. The van der Waals surface area contributed by atoms with E-state index in [9.17, 15) is 14.4 Å². The van der Waals surface area contributed by atoms with Gasteiger partial charge in [0.05, 0.1) is 34.5 Å². The first-order valence-corrected chi connectivity index (χ1v) is 9.33. The number of carbonyl (C=O) groups is 3. The van der Waals surface area contributed by atoms with Gasteiger partial charge >= 0.3 is 18.0 Å². The maximum Gasteiger partial charge on any atom is 0.340 e. The number of ether oxygens (including phenoxy) is 2. The number of hydrogen-bond donors (Lipinski definition) is 2. The molecule has 0 fully saturated rings. The van der Waals surface area contributed by atoms with Crippen LogP contribution in [0.4, 0.5) is 4.79 Å². The fourth-order valence-corrected chi connectivity index (χ4v) is 3.13. The van der Waals surface area contributed by atoms with Gasteiger partial charge in [0.25, 0.3) is 0 Å². The van der Waals surface area contributed by atoms with Gasteiger partial charge in [-0.05, 0) is 24.6 Å². The highest BCUT2D eigenvalue weighted by atomic mass is 35.5. The van der Waals surface area contributed by atoms with Crippen LogP contribution in [-0.4, -0.2) is 31.2 Å². The Morgan fingerprint density at radius 1 is 1.00 bits per heavy atom. The molecule has 1 heterocycles. The molecule has 2 aromatic carbocycles. The molecule has 0 saturated carbocycles. The molecule has 1 unspecified atom stereocenters. The van der Waals surface area contributed by atoms with Gasteiger partial charge in [0.15, 0.2) is 0 Å². The average Bonchev–Trinajstić information content (AvgIpc) is 2.72. The quantitative estimate of drug-likeness (QED) is 0.707. The summed E-state index contributed by atoms with van der Waals surface area (Å²) in [7, 11) is 0. The number of nitrogens with one attached hydrogen (secondary N) is 2. The standard InChI is InChI=1S/C21H19ClN2O5/c1-2-28-20(26)17-16(12-29-19(25)14-10-6-7-11-15(14)22)23-21(27)24-18(17)13-8-4-3-5-9-13/h3-11,18H,2,12H2,1H3,(H2,23,24,27). The van der Waals surface area contributed by atoms with Gasteiger partial charge in [0.1, 0.15) is 6.61 Å². The topological polar surface area (TPSA) is 93.7 Å². The van der Waals surface area contributed by atoms with Crippen LogP contribution < -0.4 is 10.6 Å². The lowest BCUT2D eigenvalue weighted by molar-refractivity contribution is -0.139. The van der Waals surface area contributed by atoms with Gasteiger partial charge in [-0.25, -0.2) is 14.4 Å². The number of esters is 2. The summed E-state index contributed by atoms with van der Waals surface area (Å²) in [6, 6.07) is 14.2. The molecular formula is C21H19ClN2O5. The van der Waals surface area contributed by atoms with E-state index in [1.54, 1.807) is 49.4 Å². The zero-order valence-electron chi connectivity index (χ0n) is 15.6. The minimum atomic E-state index is -0.738. The summed E-state index contributed by atoms with van der Waals surface area (Å²) < 4.78 is 10.5. The summed E-state index contributed by atoms with van der Waals surface area (Å²) in [6.45, 7) is 1.52. The van der Waals surface area contributed by atoms with E-state index >= 15 is 0 Å². The third kappa shape index (κ3) is 4.75. The maximum atomic E-state index is 12.6. The second kappa shape index (κ2) is 9.25. The number of benzene rings is 2. The fraction of sp³-hybridized carbons (Fsp3) is 0.190. The molecular weight excluding hydrogens is 396 g/mol. The third-order valence-corrected chi connectivity index (χ3v) is 4.55. The van der Waals surface area contributed by atoms with Crippen LogP contribution in [0, 0.1) is 0 Å². The molecule has 0 spiro atoms. The summed E-state index contributed by atoms with van der Waals surface area (Å²) in [5, 5.41) is 5.50. The van der Waals surface area contributed by atoms with Crippen molar-refractivity contribution in [2.75, 3.05) is 13.2 Å². The molecule has 0 aromatic heterocycles. The van der Waals surface area contributed by atoms with Gasteiger partial charge in [-0.3, -0.25) is 0 Å². The first-order chi connectivity index (χ1) is 14.0. The van der Waals surface area contributed by atoms with Crippen molar-refractivity contribution in [3.8, 4) is 0 Å². The summed E-state index contributed by atoms with van der Waals surface area (Å²) >= 11 is 6.02. The minimum Gasteiger partial charge on any atom is -0.463 e. The molecule has 2 aromatic rings. The lowest BCUT2D eigenvalue weighted by Gasteiger charge is -2.29. The average molecular weight is 415 g/mol. The zero-order chi connectivity index (χ0) is 20.8. The van der Waals surface area contributed by atoms with Crippen LogP contribution in [0.3, 0.4) is 0 Å². The number of hydrogen-bond acceptors (Lipinski definition) is 5. The van der Waals surface area contributed by atoms with Crippen molar-refractivity contribution in [1.29, 1.82) is 0 Å². The number of halogens is 1. The number of carbonyl (C=O) groups excluding carboxylic acids is 3. The van der Waals surface area contributed by atoms with Crippen molar-refractivity contribution in [3.63, 3.8) is 0 Å². The molecule has 1 atom stereocenters. The number of rotatable bonds is 6. The van der Waals surface area contributed by atoms with Crippen LogP contribution in [-0.2, 0) is 14.3 Å². The summed E-state index contributed by atoms with van der Waals surface area (Å²) in [6.07, 6.45) is 0. The summed E-state index contributed by atoms with van der Waals surface area (Å²) in [5.41, 5.74) is 1.21. The van der Waals surface area contributed by atoms with Gasteiger partial charge in [0.2, 0.25) is 0 Å². The van der Waals surface area contributed by atoms with Crippen LogP contribution in [0.1, 0.15) is 28.9 Å². The SMILES string of the molecule is CCOC(=O)C1=C(COC(=O)c2ccccc2Cl)NC(=O)NC1c1ccccc1. The molecule has 29 heavy (non-hydrogen) atoms. The fourth-order valence-electron chi connectivity index (χ4n) is 2.92. The van der Waals surface area contributed by atoms with E-state index in [1.807, 2.05) is 6.07 Å². The lowest BCUT2D eigenvalue weighted by Crippen LogP contribution is -2.47. The first kappa shape index (κ1) is 20.4. The Morgan fingerprint density at radius 2 is 1.69 bits per heavy atom. The summed E-state index contributed by atoms with van der Waals surface area (Å²) in [5.74, 6) is -1.28. The van der Waals surface area contributed by atoms with E-state index < -0.39 is 24.0 Å². The van der Waals surface area contributed by atoms with Gasteiger partial charge in [-0.15, -0.1) is 0 Å². The van der Waals surface area contributed by atoms with E-state index in [2.05, 4.69) is 10.6 Å². The van der Waals surface area contributed by atoms with Gasteiger partial charge in [0, 0.05) is 0 Å². The Kier molecular flexibility index (Phi) is 6.51. The molecule has 2 amide bonds. The van der Waals surface area contributed by atoms with E-state index in [1.165, 1.54) is 6.07 Å². The van der Waals surface area contributed by atoms with Crippen LogP contribution in [0.15, 0.2) is 65.9 Å². The lowest BCUT2D eigenvalue weighted by atomic mass is 9.95. The van der Waals surface area contributed by atoms with Gasteiger partial charge in [-0.1, -0.05) is 54.1 Å². The highest BCUT2D eigenvalue weighted by molar-refractivity contribution is 6.33. The van der Waals surface area contributed by atoms with Crippen LogP contribution in [0.2, 0.25) is 5.02 Å². The molecule has 1 aliphatic rings. The predicted molar refractivity (Wildman–Crippen MR) is 106 cm³/mol. The second-order valence-corrected chi connectivity index (χ2v) is 6.52. The zero-order valence-corrected chi connectivity index (χ0v) is 16.4. The van der Waals surface area contributed by atoms with Crippen molar-refractivity contribution in [2.45, 2.75) is 13.0 Å². The van der Waals surface area contributed by atoms with Crippen molar-refractivity contribution in [2.24, 2.45) is 0 Å². The Bertz CT molecular complexity index is 959. The van der Waals surface area contributed by atoms with E-state index in [4.69, 9.17) is 21.1 Å². The third-order valence-electron chi connectivity index (χ3n) is 4.22. The Balaban J connectivity index is 1.92. The predicted octanol–water partition coefficient (Wildman–Crippen LogP) is 3.37. The van der Waals surface area contributed by atoms with E-state index in [0.717, 1.165) is 0 Å². The molecule has 0 bridgehead atoms. The Hall–Kier alpha value is -3.32. The first-order valence-electron chi connectivity index (χ1n) is 8.95. The Labute approximate surface area is 172 Å². The van der Waals surface area contributed by atoms with Crippen molar-refractivity contribution in [1.82, 2.24) is 10.6 Å². The van der Waals surface area contributed by atoms with E-state index in [-0.39, 0.29) is 35.1 Å². The monoisotopic (exact) mass is 414 g/mol. The minimum absolute atomic E-state index is 0.154. The molecule has 1 aliphatic heterocycles. The van der Waals surface area contributed by atoms with Crippen molar-refractivity contribution < 1.29 is 23.9 Å². The van der Waals surface area contributed by atoms with E-state index in [0.29, 0.717) is 5.56 Å². The second-order valence-electron chi connectivity index (χ2n) is 6.11. The van der Waals surface area contributed by atoms with Gasteiger partial charge in [-0.2, -0.15) is 0 Å². The molecule has 0 radical (unpaired) electrons. The molecule has 150 valence electrons. The molecule has 8 heteroatoms.